The van der Waals surface area contributed by atoms with E-state index in [4.69, 9.17) is 23.9 Å². The Bertz CT molecular complexity index is 2360. The molecule has 1 unspecified atom stereocenters. The van der Waals surface area contributed by atoms with E-state index in [1.807, 2.05) is 13.8 Å². The Morgan fingerprint density at radius 3 is 2.30 bits per heavy atom. The molecule has 338 valence electrons. The number of aromatic hydroxyl groups is 2. The quantitative estimate of drug-likeness (QED) is 0.179. The van der Waals surface area contributed by atoms with Crippen LogP contribution in [0.25, 0.3) is 0 Å². The van der Waals surface area contributed by atoms with Crippen LogP contribution in [0.1, 0.15) is 108 Å². The maximum Gasteiger partial charge on any atom is 0.312 e. The first kappa shape index (κ1) is 45.4. The summed E-state index contributed by atoms with van der Waals surface area (Å²) in [6.45, 7) is 16.3. The molecule has 5 bridgehead atoms. The third kappa shape index (κ3) is 8.22. The number of aliphatic hydroxyl groups is 3. The summed E-state index contributed by atoms with van der Waals surface area (Å²) < 4.78 is 24.7. The highest BCUT2D eigenvalue weighted by molar-refractivity contribution is 6.25. The number of esters is 1. The number of ether oxygens (including phenoxy) is 4. The lowest BCUT2D eigenvalue weighted by Crippen LogP contribution is -2.45. The normalized spacial score (nSPS) is 33.0. The summed E-state index contributed by atoms with van der Waals surface area (Å²) in [4.78, 5) is 48.1. The van der Waals surface area contributed by atoms with Gasteiger partial charge in [0.05, 0.1) is 29.7 Å². The number of aliphatic hydroxyl groups excluding tert-OH is 3. The van der Waals surface area contributed by atoms with Gasteiger partial charge in [-0.2, -0.15) is 0 Å². The third-order valence-electron chi connectivity index (χ3n) is 13.4. The number of hydrogen-bond donors (Lipinski definition) is 6. The van der Waals surface area contributed by atoms with E-state index in [1.165, 1.54) is 33.1 Å². The average Bonchev–Trinajstić information content (AvgIpc) is 3.52. The zero-order valence-electron chi connectivity index (χ0n) is 37.3. The second-order valence-corrected chi connectivity index (χ2v) is 17.9. The maximum absolute atomic E-state index is 14.7. The molecule has 2 aromatic rings. The molecule has 1 aliphatic carbocycles. The first-order chi connectivity index (χ1) is 29.7. The van der Waals surface area contributed by atoms with Gasteiger partial charge in [-0.05, 0) is 51.0 Å². The molecule has 15 nitrogen and oxygen atoms in total. The standard InChI is InChI=1S/C48H59N3O12/c1-22-16-19-60-48(9)46(58)35-33-34(41(56)28(7)44(35)63-48)42(57)38(45-37(33)49-36-31(53)20-30(21-32(36)62-45)51-17-11-10-12-18-51)50-47(59)24(3)15-13-14-23(2)39(54)26(5)40(55)27(6)43(25(22)4)61-29(8)52/h13-16,19-23,25-27,39-40,42-43,53-57H,10-12,17-18H2,1-9H3,(H,50,59)/b14-13+,19-16+,24-15-/t22-,23-,25+,26+,27+,39-,40+,42?,43+,48-/m0/s1. The van der Waals surface area contributed by atoms with Crippen LogP contribution in [0.15, 0.2) is 64.7 Å². The van der Waals surface area contributed by atoms with E-state index >= 15 is 0 Å². The Balaban J connectivity index is 1.39. The number of carbonyl (C=O) groups is 3. The van der Waals surface area contributed by atoms with Gasteiger partial charge in [0.15, 0.2) is 11.5 Å². The number of rotatable bonds is 2. The van der Waals surface area contributed by atoms with Crippen molar-refractivity contribution in [3.8, 4) is 23.0 Å². The van der Waals surface area contributed by atoms with Gasteiger partial charge < -0.3 is 54.7 Å². The van der Waals surface area contributed by atoms with Gasteiger partial charge in [-0.1, -0.05) is 52.8 Å². The molecule has 1 amide bonds. The van der Waals surface area contributed by atoms with E-state index in [0.29, 0.717) is 5.69 Å². The van der Waals surface area contributed by atoms with Crippen LogP contribution in [-0.4, -0.2) is 86.1 Å². The van der Waals surface area contributed by atoms with Crippen molar-refractivity contribution in [2.24, 2.45) is 34.6 Å². The number of fused-ring (bicyclic) bond motifs is 14. The highest BCUT2D eigenvalue weighted by Gasteiger charge is 2.53. The lowest BCUT2D eigenvalue weighted by molar-refractivity contribution is -0.158. The minimum absolute atomic E-state index is 0.0229. The summed E-state index contributed by atoms with van der Waals surface area (Å²) in [5, 5.41) is 61.3. The predicted molar refractivity (Wildman–Crippen MR) is 234 cm³/mol. The fourth-order valence-electron chi connectivity index (χ4n) is 9.23. The van der Waals surface area contributed by atoms with Crippen LogP contribution in [0.4, 0.5) is 11.4 Å². The zero-order valence-corrected chi connectivity index (χ0v) is 37.3. The number of allylic oxidation sites excluding steroid dienone is 4. The van der Waals surface area contributed by atoms with Gasteiger partial charge >= 0.3 is 11.8 Å². The van der Waals surface area contributed by atoms with E-state index in [0.717, 1.165) is 32.4 Å². The van der Waals surface area contributed by atoms with Gasteiger partial charge in [-0.3, -0.25) is 14.4 Å². The SMILES string of the molecule is CC(=O)O[C@H]1[C@H](C)[C@H](O)[C@H](C)[C@@H](O)[C@@H](C)/C=C/C=C(/C)C(=O)NC2=C3Oc4cc(N5CCCCC5)cc(O)c4N=C3c3c4c(c(C)c(O)c3C2O)O[C@](C)(O/C=C/[C@H](C)[C@H]1C)C4=O. The summed E-state index contributed by atoms with van der Waals surface area (Å²) in [7, 11) is 0. The topological polar surface area (TPSA) is 217 Å². The molecule has 1 saturated heterocycles. The fraction of sp³-hybridized carbons (Fsp3) is 0.500. The zero-order chi connectivity index (χ0) is 45.8. The molecule has 1 fully saturated rings. The number of nitrogens with zero attached hydrogens (tertiary/aromatic N) is 2. The molecular weight excluding hydrogens is 811 g/mol. The molecule has 10 atom stereocenters. The van der Waals surface area contributed by atoms with Gasteiger partial charge in [-0.15, -0.1) is 0 Å². The first-order valence-electron chi connectivity index (χ1n) is 21.7. The summed E-state index contributed by atoms with van der Waals surface area (Å²) in [6.07, 6.45) is 6.23. The lowest BCUT2D eigenvalue weighted by Gasteiger charge is -2.37. The van der Waals surface area contributed by atoms with E-state index < -0.39 is 71.4 Å². The lowest BCUT2D eigenvalue weighted by atomic mass is 9.77. The minimum atomic E-state index is -1.98. The Kier molecular flexibility index (Phi) is 12.6. The molecule has 0 radical (unpaired) electrons. The van der Waals surface area contributed by atoms with Crippen LogP contribution >= 0.6 is 0 Å². The second kappa shape index (κ2) is 17.5. The van der Waals surface area contributed by atoms with Crippen LogP contribution < -0.4 is 19.7 Å². The largest absolute Gasteiger partial charge is 0.507 e. The highest BCUT2D eigenvalue weighted by atomic mass is 16.7. The van der Waals surface area contributed by atoms with Crippen LogP contribution in [-0.2, 0) is 19.1 Å². The predicted octanol–water partition coefficient (Wildman–Crippen LogP) is 6.46. The Morgan fingerprint density at radius 1 is 0.921 bits per heavy atom. The van der Waals surface area contributed by atoms with Crippen molar-refractivity contribution < 1.29 is 58.9 Å². The van der Waals surface area contributed by atoms with E-state index in [9.17, 15) is 39.9 Å². The van der Waals surface area contributed by atoms with Crippen LogP contribution in [0, 0.1) is 36.5 Å². The second-order valence-electron chi connectivity index (χ2n) is 17.9. The van der Waals surface area contributed by atoms with Gasteiger partial charge in [-0.25, -0.2) is 4.99 Å². The van der Waals surface area contributed by atoms with Crippen molar-refractivity contribution in [1.29, 1.82) is 0 Å². The van der Waals surface area contributed by atoms with Crippen molar-refractivity contribution in [1.82, 2.24) is 5.32 Å². The van der Waals surface area contributed by atoms with Crippen LogP contribution in [0.5, 0.6) is 23.0 Å². The van der Waals surface area contributed by atoms with Crippen molar-refractivity contribution in [2.75, 3.05) is 18.0 Å². The Labute approximate surface area is 367 Å². The van der Waals surface area contributed by atoms with Crippen LogP contribution in [0.3, 0.4) is 0 Å². The van der Waals surface area contributed by atoms with Crippen molar-refractivity contribution >= 4 is 34.7 Å². The number of aliphatic imine (C=N–C) groups is 1. The van der Waals surface area contributed by atoms with Crippen molar-refractivity contribution in [2.45, 2.75) is 112 Å². The van der Waals surface area contributed by atoms with E-state index in [2.05, 4.69) is 10.2 Å². The number of Topliss-reactive ketones (excluding diaryl/α,β-unsaturated/α-hetero) is 1. The summed E-state index contributed by atoms with van der Waals surface area (Å²) in [5.74, 6) is -6.94. The monoisotopic (exact) mass is 869 g/mol. The fourth-order valence-corrected chi connectivity index (χ4v) is 9.23. The molecule has 6 aliphatic rings. The molecule has 5 aliphatic heterocycles. The number of ketones is 1. The van der Waals surface area contributed by atoms with Gasteiger partial charge in [0, 0.05) is 84.8 Å². The number of piperidine rings is 1. The molecule has 0 aromatic heterocycles. The summed E-state index contributed by atoms with van der Waals surface area (Å²) >= 11 is 0. The summed E-state index contributed by atoms with van der Waals surface area (Å²) in [6, 6.07) is 3.33. The molecule has 2 aromatic carbocycles. The molecule has 6 N–H and O–H groups in total. The molecule has 5 heterocycles. The van der Waals surface area contributed by atoms with Gasteiger partial charge in [0.1, 0.15) is 40.9 Å². The molecular formula is C48H59N3O12. The number of hydrogen-bond acceptors (Lipinski definition) is 14. The number of nitrogens with one attached hydrogen (secondary N) is 1. The minimum Gasteiger partial charge on any atom is -0.507 e. The number of phenols is 2. The molecule has 8 rings (SSSR count). The van der Waals surface area contributed by atoms with Gasteiger partial charge in [0.2, 0.25) is 0 Å². The number of carbonyl (C=O) groups excluding carboxylic acids is 3. The number of anilines is 1. The Hall–Kier alpha value is -5.64. The third-order valence-corrected chi connectivity index (χ3v) is 13.4. The molecule has 63 heavy (non-hydrogen) atoms. The Morgan fingerprint density at radius 2 is 1.62 bits per heavy atom. The van der Waals surface area contributed by atoms with Gasteiger partial charge in [0.25, 0.3) is 11.7 Å². The number of phenolic OH excluding ortho intramolecular Hbond substituents is 2. The highest BCUT2D eigenvalue weighted by Crippen LogP contribution is 2.54. The molecule has 0 saturated carbocycles. The first-order valence-corrected chi connectivity index (χ1v) is 21.7. The van der Waals surface area contributed by atoms with Crippen LogP contribution in [0.2, 0.25) is 0 Å². The number of benzene rings is 2. The van der Waals surface area contributed by atoms with Crippen molar-refractivity contribution in [3.63, 3.8) is 0 Å². The molecule has 0 spiro atoms. The van der Waals surface area contributed by atoms with E-state index in [1.54, 1.807) is 58.1 Å². The van der Waals surface area contributed by atoms with Crippen molar-refractivity contribution in [3.05, 3.63) is 82.0 Å². The number of amides is 1. The van der Waals surface area contributed by atoms with E-state index in [-0.39, 0.29) is 79.8 Å². The summed E-state index contributed by atoms with van der Waals surface area (Å²) in [5.41, 5.74) is 0.619. The average molecular weight is 870 g/mol. The molecule has 15 heteroatoms. The smallest absolute Gasteiger partial charge is 0.312 e. The maximum atomic E-state index is 14.7.